The second-order valence-corrected chi connectivity index (χ2v) is 8.29. The molecule has 1 amide bonds. The summed E-state index contributed by atoms with van der Waals surface area (Å²) < 4.78 is 0. The van der Waals surface area contributed by atoms with Crippen LogP contribution in [-0.2, 0) is 5.41 Å². The lowest BCUT2D eigenvalue weighted by Gasteiger charge is -2.32. The van der Waals surface area contributed by atoms with Gasteiger partial charge in [0.25, 0.3) is 5.91 Å². The van der Waals surface area contributed by atoms with E-state index in [9.17, 15) is 4.79 Å². The summed E-state index contributed by atoms with van der Waals surface area (Å²) in [7, 11) is 2.19. The summed E-state index contributed by atoms with van der Waals surface area (Å²) in [6.45, 7) is 13.3. The largest absolute Gasteiger partial charge is 0.352 e. The predicted molar refractivity (Wildman–Crippen MR) is 105 cm³/mol. The van der Waals surface area contributed by atoms with E-state index in [1.165, 1.54) is 51.1 Å². The molecule has 0 atom stereocenters. The first-order valence-corrected chi connectivity index (χ1v) is 9.66. The van der Waals surface area contributed by atoms with Crippen molar-refractivity contribution in [3.05, 3.63) is 35.4 Å². The van der Waals surface area contributed by atoms with E-state index in [2.05, 4.69) is 55.1 Å². The Balaban J connectivity index is 1.59. The van der Waals surface area contributed by atoms with Gasteiger partial charge < -0.3 is 15.1 Å². The average Bonchev–Trinajstić information content (AvgIpc) is 2.58. The van der Waals surface area contributed by atoms with Gasteiger partial charge >= 0.3 is 0 Å². The van der Waals surface area contributed by atoms with Gasteiger partial charge in [-0.1, -0.05) is 39.3 Å². The number of nitrogens with zero attached hydrogens (tertiary/aromatic N) is 2. The first kappa shape index (κ1) is 19.9. The van der Waals surface area contributed by atoms with Crippen LogP contribution < -0.4 is 5.32 Å². The first-order valence-electron chi connectivity index (χ1n) is 9.66. The summed E-state index contributed by atoms with van der Waals surface area (Å²) in [6.07, 6.45) is 3.45. The van der Waals surface area contributed by atoms with Crippen LogP contribution in [0.5, 0.6) is 0 Å². The van der Waals surface area contributed by atoms with Gasteiger partial charge in [0.1, 0.15) is 0 Å². The summed E-state index contributed by atoms with van der Waals surface area (Å²) in [4.78, 5) is 17.1. The summed E-state index contributed by atoms with van der Waals surface area (Å²) >= 11 is 0. The minimum atomic E-state index is 0.0412. The smallest absolute Gasteiger partial charge is 0.251 e. The van der Waals surface area contributed by atoms with Gasteiger partial charge in [-0.05, 0) is 49.5 Å². The molecular formula is C21H35N3O. The SMILES string of the molecule is CN1CCN(CCCCCNC(=O)c2ccc(C(C)(C)C)cc2)CC1. The lowest BCUT2D eigenvalue weighted by Crippen LogP contribution is -2.44. The normalized spacial score (nSPS) is 16.8. The number of hydrogen-bond donors (Lipinski definition) is 1. The molecule has 4 heteroatoms. The number of rotatable bonds is 7. The Morgan fingerprint density at radius 3 is 2.24 bits per heavy atom. The third kappa shape index (κ3) is 6.79. The van der Waals surface area contributed by atoms with Crippen LogP contribution in [0.1, 0.15) is 56.0 Å². The van der Waals surface area contributed by atoms with E-state index in [0.717, 1.165) is 18.5 Å². The molecular weight excluding hydrogens is 310 g/mol. The molecule has 140 valence electrons. The third-order valence-corrected chi connectivity index (χ3v) is 5.05. The summed E-state index contributed by atoms with van der Waals surface area (Å²) in [5.74, 6) is 0.0412. The molecule has 0 aliphatic carbocycles. The summed E-state index contributed by atoms with van der Waals surface area (Å²) in [6, 6.07) is 7.99. The van der Waals surface area contributed by atoms with Crippen molar-refractivity contribution in [1.29, 1.82) is 0 Å². The van der Waals surface area contributed by atoms with Crippen LogP contribution in [0.2, 0.25) is 0 Å². The van der Waals surface area contributed by atoms with E-state index in [-0.39, 0.29) is 11.3 Å². The fourth-order valence-corrected chi connectivity index (χ4v) is 3.13. The van der Waals surface area contributed by atoms with E-state index in [0.29, 0.717) is 0 Å². The molecule has 1 aliphatic heterocycles. The minimum Gasteiger partial charge on any atom is -0.352 e. The fourth-order valence-electron chi connectivity index (χ4n) is 3.13. The maximum absolute atomic E-state index is 12.2. The van der Waals surface area contributed by atoms with Crippen molar-refractivity contribution in [3.8, 4) is 0 Å². The minimum absolute atomic E-state index is 0.0412. The Labute approximate surface area is 153 Å². The molecule has 0 bridgehead atoms. The van der Waals surface area contributed by atoms with E-state index in [4.69, 9.17) is 0 Å². The van der Waals surface area contributed by atoms with Crippen molar-refractivity contribution in [2.24, 2.45) is 0 Å². The van der Waals surface area contributed by atoms with Crippen molar-refractivity contribution in [2.45, 2.75) is 45.4 Å². The average molecular weight is 346 g/mol. The van der Waals surface area contributed by atoms with Crippen LogP contribution in [-0.4, -0.2) is 62.0 Å². The Morgan fingerprint density at radius 1 is 1.00 bits per heavy atom. The quantitative estimate of drug-likeness (QED) is 0.771. The van der Waals surface area contributed by atoms with E-state index < -0.39 is 0 Å². The predicted octanol–water partition coefficient (Wildman–Crippen LogP) is 3.13. The molecule has 1 N–H and O–H groups in total. The van der Waals surface area contributed by atoms with Gasteiger partial charge in [0, 0.05) is 38.3 Å². The van der Waals surface area contributed by atoms with Crippen molar-refractivity contribution >= 4 is 5.91 Å². The highest BCUT2D eigenvalue weighted by Crippen LogP contribution is 2.22. The van der Waals surface area contributed by atoms with Gasteiger partial charge in [0.05, 0.1) is 0 Å². The number of carbonyl (C=O) groups is 1. The lowest BCUT2D eigenvalue weighted by atomic mass is 9.87. The molecule has 0 saturated carbocycles. The molecule has 2 rings (SSSR count). The third-order valence-electron chi connectivity index (χ3n) is 5.05. The van der Waals surface area contributed by atoms with Gasteiger partial charge in [0.2, 0.25) is 0 Å². The molecule has 1 aliphatic rings. The number of benzene rings is 1. The molecule has 1 saturated heterocycles. The number of likely N-dealkylation sites (N-methyl/N-ethyl adjacent to an activating group) is 1. The Hall–Kier alpha value is -1.39. The zero-order chi connectivity index (χ0) is 18.3. The van der Waals surface area contributed by atoms with E-state index in [1.807, 2.05) is 12.1 Å². The second kappa shape index (κ2) is 9.35. The van der Waals surface area contributed by atoms with Crippen molar-refractivity contribution in [2.75, 3.05) is 46.3 Å². The summed E-state index contributed by atoms with van der Waals surface area (Å²) in [5.41, 5.74) is 2.14. The van der Waals surface area contributed by atoms with Gasteiger partial charge in [-0.3, -0.25) is 4.79 Å². The topological polar surface area (TPSA) is 35.6 Å². The molecule has 1 heterocycles. The Bertz CT molecular complexity index is 525. The molecule has 0 spiro atoms. The zero-order valence-corrected chi connectivity index (χ0v) is 16.5. The van der Waals surface area contributed by atoms with E-state index >= 15 is 0 Å². The summed E-state index contributed by atoms with van der Waals surface area (Å²) in [5, 5.41) is 3.04. The van der Waals surface area contributed by atoms with Gasteiger partial charge in [-0.2, -0.15) is 0 Å². The van der Waals surface area contributed by atoms with Gasteiger partial charge in [0.15, 0.2) is 0 Å². The maximum Gasteiger partial charge on any atom is 0.251 e. The highest BCUT2D eigenvalue weighted by Gasteiger charge is 2.14. The number of carbonyl (C=O) groups excluding carboxylic acids is 1. The van der Waals surface area contributed by atoms with Crippen LogP contribution in [0, 0.1) is 0 Å². The molecule has 0 unspecified atom stereocenters. The van der Waals surface area contributed by atoms with Gasteiger partial charge in [-0.15, -0.1) is 0 Å². The molecule has 1 fully saturated rings. The van der Waals surface area contributed by atoms with Crippen LogP contribution in [0.4, 0.5) is 0 Å². The van der Waals surface area contributed by atoms with Crippen molar-refractivity contribution < 1.29 is 4.79 Å². The molecule has 25 heavy (non-hydrogen) atoms. The monoisotopic (exact) mass is 345 g/mol. The molecule has 0 radical (unpaired) electrons. The van der Waals surface area contributed by atoms with Crippen LogP contribution in [0.15, 0.2) is 24.3 Å². The lowest BCUT2D eigenvalue weighted by molar-refractivity contribution is 0.0952. The van der Waals surface area contributed by atoms with Crippen LogP contribution in [0.25, 0.3) is 0 Å². The van der Waals surface area contributed by atoms with E-state index in [1.54, 1.807) is 0 Å². The maximum atomic E-state index is 12.2. The number of hydrogen-bond acceptors (Lipinski definition) is 3. The number of nitrogens with one attached hydrogen (secondary N) is 1. The van der Waals surface area contributed by atoms with Crippen molar-refractivity contribution in [1.82, 2.24) is 15.1 Å². The molecule has 4 nitrogen and oxygen atoms in total. The molecule has 0 aromatic heterocycles. The van der Waals surface area contributed by atoms with Crippen LogP contribution >= 0.6 is 0 Å². The number of amides is 1. The van der Waals surface area contributed by atoms with Gasteiger partial charge in [-0.25, -0.2) is 0 Å². The molecule has 1 aromatic rings. The second-order valence-electron chi connectivity index (χ2n) is 8.29. The standard InChI is InChI=1S/C21H35N3O/c1-21(2,3)19-10-8-18(9-11-19)20(25)22-12-6-5-7-13-24-16-14-23(4)15-17-24/h8-11H,5-7,12-17H2,1-4H3,(H,22,25). The van der Waals surface area contributed by atoms with Crippen molar-refractivity contribution in [3.63, 3.8) is 0 Å². The zero-order valence-electron chi connectivity index (χ0n) is 16.5. The Morgan fingerprint density at radius 2 is 1.64 bits per heavy atom. The number of piperazine rings is 1. The molecule has 1 aromatic carbocycles. The highest BCUT2D eigenvalue weighted by atomic mass is 16.1. The fraction of sp³-hybridized carbons (Fsp3) is 0.667. The first-order chi connectivity index (χ1) is 11.9. The van der Waals surface area contributed by atoms with Crippen LogP contribution in [0.3, 0.4) is 0 Å². The number of unbranched alkanes of at least 4 members (excludes halogenated alkanes) is 2. The highest BCUT2D eigenvalue weighted by molar-refractivity contribution is 5.94. The Kier molecular flexibility index (Phi) is 7.45.